The lowest BCUT2D eigenvalue weighted by Gasteiger charge is -2.25. The molecule has 0 amide bonds. The van der Waals surface area contributed by atoms with Crippen LogP contribution >= 0.6 is 11.6 Å². The van der Waals surface area contributed by atoms with Crippen molar-refractivity contribution in [3.63, 3.8) is 0 Å². The van der Waals surface area contributed by atoms with Gasteiger partial charge >= 0.3 is 5.97 Å². The van der Waals surface area contributed by atoms with Gasteiger partial charge in [0.1, 0.15) is 18.1 Å². The molecule has 1 heterocycles. The van der Waals surface area contributed by atoms with E-state index < -0.39 is 18.0 Å². The Labute approximate surface area is 156 Å². The Morgan fingerprint density at radius 3 is 2.62 bits per heavy atom. The maximum Gasteiger partial charge on any atom is 0.313 e. The number of esters is 1. The summed E-state index contributed by atoms with van der Waals surface area (Å²) in [6, 6.07) is 12.0. The zero-order valence-corrected chi connectivity index (χ0v) is 15.3. The van der Waals surface area contributed by atoms with E-state index in [-0.39, 0.29) is 12.4 Å². The van der Waals surface area contributed by atoms with Crippen LogP contribution in [0.25, 0.3) is 0 Å². The lowest BCUT2D eigenvalue weighted by Crippen LogP contribution is -2.34. The van der Waals surface area contributed by atoms with E-state index in [9.17, 15) is 9.59 Å². The number of halogens is 1. The van der Waals surface area contributed by atoms with E-state index in [1.165, 1.54) is 0 Å². The third kappa shape index (κ3) is 3.99. The van der Waals surface area contributed by atoms with Gasteiger partial charge in [0, 0.05) is 10.6 Å². The van der Waals surface area contributed by atoms with Crippen LogP contribution in [0.15, 0.2) is 42.5 Å². The number of fused-ring (bicyclic) bond motifs is 1. The van der Waals surface area contributed by atoms with E-state index in [0.29, 0.717) is 22.8 Å². The molecule has 0 radical (unpaired) electrons. The summed E-state index contributed by atoms with van der Waals surface area (Å²) in [6.07, 6.45) is -0.408. The summed E-state index contributed by atoms with van der Waals surface area (Å²) in [5.74, 6) is 0.196. The molecule has 0 aliphatic carbocycles. The molecule has 26 heavy (non-hydrogen) atoms. The van der Waals surface area contributed by atoms with E-state index >= 15 is 0 Å². The van der Waals surface area contributed by atoms with E-state index in [1.807, 2.05) is 0 Å². The molecule has 2 aromatic carbocycles. The number of benzene rings is 2. The molecule has 0 saturated heterocycles. The first-order valence-electron chi connectivity index (χ1n) is 8.28. The van der Waals surface area contributed by atoms with Crippen molar-refractivity contribution in [2.24, 2.45) is 5.92 Å². The molecule has 0 unspecified atom stereocenters. The number of methoxy groups -OCH3 is 1. The number of rotatable bonds is 5. The van der Waals surface area contributed by atoms with Crippen LogP contribution in [-0.4, -0.2) is 31.6 Å². The summed E-state index contributed by atoms with van der Waals surface area (Å²) in [5.41, 5.74) is 1.32. The molecule has 2 aromatic rings. The van der Waals surface area contributed by atoms with Crippen LogP contribution in [0.4, 0.5) is 0 Å². The van der Waals surface area contributed by atoms with Crippen LogP contribution in [0.5, 0.6) is 11.5 Å². The molecule has 6 heteroatoms. The van der Waals surface area contributed by atoms with Crippen LogP contribution in [0, 0.1) is 5.92 Å². The van der Waals surface area contributed by atoms with Crippen LogP contribution in [0.1, 0.15) is 22.8 Å². The van der Waals surface area contributed by atoms with Gasteiger partial charge in [0.05, 0.1) is 13.0 Å². The largest absolute Gasteiger partial charge is 0.497 e. The number of ether oxygens (including phenoxy) is 3. The minimum atomic E-state index is -0.878. The van der Waals surface area contributed by atoms with Gasteiger partial charge in [-0.15, -0.1) is 0 Å². The van der Waals surface area contributed by atoms with Crippen molar-refractivity contribution >= 4 is 23.4 Å². The molecule has 5 nitrogen and oxygen atoms in total. The van der Waals surface area contributed by atoms with Crippen molar-refractivity contribution in [1.29, 1.82) is 0 Å². The quantitative estimate of drug-likeness (QED) is 0.589. The second-order valence-electron chi connectivity index (χ2n) is 6.14. The summed E-state index contributed by atoms with van der Waals surface area (Å²) < 4.78 is 16.1. The van der Waals surface area contributed by atoms with Crippen LogP contribution in [0.2, 0.25) is 5.02 Å². The summed E-state index contributed by atoms with van der Waals surface area (Å²) in [7, 11) is 1.55. The Hall–Kier alpha value is -2.53. The topological polar surface area (TPSA) is 61.8 Å². The van der Waals surface area contributed by atoms with Gasteiger partial charge in [-0.05, 0) is 61.4 Å². The van der Waals surface area contributed by atoms with Crippen molar-refractivity contribution in [3.05, 3.63) is 58.6 Å². The lowest BCUT2D eigenvalue weighted by molar-refractivity contribution is -0.152. The van der Waals surface area contributed by atoms with Gasteiger partial charge in [-0.2, -0.15) is 0 Å². The van der Waals surface area contributed by atoms with E-state index in [1.54, 1.807) is 56.5 Å². The minimum Gasteiger partial charge on any atom is -0.497 e. The Bertz CT molecular complexity index is 815. The van der Waals surface area contributed by atoms with Gasteiger partial charge in [0.25, 0.3) is 0 Å². The van der Waals surface area contributed by atoms with E-state index in [0.717, 1.165) is 11.3 Å². The molecule has 0 bridgehead atoms. The average molecular weight is 375 g/mol. The highest BCUT2D eigenvalue weighted by molar-refractivity contribution is 6.30. The second kappa shape index (κ2) is 7.79. The average Bonchev–Trinajstić information content (AvgIpc) is 2.66. The monoisotopic (exact) mass is 374 g/mol. The molecule has 136 valence electrons. The SMILES string of the molecule is COc1ccc(C(=O)[C@H](C)OC(=O)[C@@H]2COc3ccc(Cl)cc3C2)cc1. The maximum atomic E-state index is 12.4. The van der Waals surface area contributed by atoms with Crippen LogP contribution < -0.4 is 9.47 Å². The highest BCUT2D eigenvalue weighted by atomic mass is 35.5. The second-order valence-corrected chi connectivity index (χ2v) is 6.57. The number of hydrogen-bond donors (Lipinski definition) is 0. The molecule has 0 fully saturated rings. The maximum absolute atomic E-state index is 12.4. The first-order chi connectivity index (χ1) is 12.5. The van der Waals surface area contributed by atoms with Crippen LogP contribution in [0.3, 0.4) is 0 Å². The highest BCUT2D eigenvalue weighted by Gasteiger charge is 2.30. The van der Waals surface area contributed by atoms with E-state index in [2.05, 4.69) is 0 Å². The van der Waals surface area contributed by atoms with Gasteiger partial charge in [-0.25, -0.2) is 0 Å². The normalized spacial score (nSPS) is 16.8. The molecule has 3 rings (SSSR count). The first kappa shape index (κ1) is 18.3. The highest BCUT2D eigenvalue weighted by Crippen LogP contribution is 2.30. The predicted molar refractivity (Wildman–Crippen MR) is 97.0 cm³/mol. The zero-order chi connectivity index (χ0) is 18.7. The molecular weight excluding hydrogens is 356 g/mol. The molecule has 2 atom stereocenters. The minimum absolute atomic E-state index is 0.219. The molecule has 0 saturated carbocycles. The van der Waals surface area contributed by atoms with Gasteiger partial charge < -0.3 is 14.2 Å². The van der Waals surface area contributed by atoms with Crippen molar-refractivity contribution in [2.75, 3.05) is 13.7 Å². The van der Waals surface area contributed by atoms with E-state index in [4.69, 9.17) is 25.8 Å². The Balaban J connectivity index is 1.62. The number of Topliss-reactive ketones (excluding diaryl/α,β-unsaturated/α-hetero) is 1. The van der Waals surface area contributed by atoms with Gasteiger partial charge in [-0.3, -0.25) is 9.59 Å². The fraction of sp³-hybridized carbons (Fsp3) is 0.300. The third-order valence-corrected chi connectivity index (χ3v) is 4.53. The van der Waals surface area contributed by atoms with Gasteiger partial charge in [-0.1, -0.05) is 11.6 Å². The molecule has 1 aliphatic heterocycles. The number of ketones is 1. The van der Waals surface area contributed by atoms with Crippen molar-refractivity contribution < 1.29 is 23.8 Å². The first-order valence-corrected chi connectivity index (χ1v) is 8.65. The molecular formula is C20H19ClO5. The van der Waals surface area contributed by atoms with Gasteiger partial charge in [0.2, 0.25) is 5.78 Å². The lowest BCUT2D eigenvalue weighted by atomic mass is 9.97. The smallest absolute Gasteiger partial charge is 0.313 e. The van der Waals surface area contributed by atoms with Crippen molar-refractivity contribution in [1.82, 2.24) is 0 Å². The fourth-order valence-corrected chi connectivity index (χ4v) is 3.02. The molecule has 0 N–H and O–H groups in total. The molecule has 1 aliphatic rings. The number of hydrogen-bond acceptors (Lipinski definition) is 5. The third-order valence-electron chi connectivity index (χ3n) is 4.30. The van der Waals surface area contributed by atoms with Crippen molar-refractivity contribution in [3.8, 4) is 11.5 Å². The van der Waals surface area contributed by atoms with Crippen molar-refractivity contribution in [2.45, 2.75) is 19.4 Å². The van der Waals surface area contributed by atoms with Crippen LogP contribution in [-0.2, 0) is 16.0 Å². The van der Waals surface area contributed by atoms with Gasteiger partial charge in [0.15, 0.2) is 6.10 Å². The fourth-order valence-electron chi connectivity index (χ4n) is 2.83. The zero-order valence-electron chi connectivity index (χ0n) is 14.5. The molecule has 0 aromatic heterocycles. The number of carbonyl (C=O) groups is 2. The summed E-state index contributed by atoms with van der Waals surface area (Å²) in [5, 5.41) is 0.587. The standard InChI is InChI=1S/C20H19ClO5/c1-12(19(22)13-3-6-17(24-2)7-4-13)26-20(23)15-9-14-10-16(21)5-8-18(14)25-11-15/h3-8,10,12,15H,9,11H2,1-2H3/t12-,15-/m0/s1. The predicted octanol–water partition coefficient (Wildman–Crippen LogP) is 3.71. The summed E-state index contributed by atoms with van der Waals surface area (Å²) >= 11 is 5.99. The Kier molecular flexibility index (Phi) is 5.47. The Morgan fingerprint density at radius 2 is 1.92 bits per heavy atom. The summed E-state index contributed by atoms with van der Waals surface area (Å²) in [4.78, 5) is 24.9. The summed E-state index contributed by atoms with van der Waals surface area (Å²) in [6.45, 7) is 1.79. The Morgan fingerprint density at radius 1 is 1.19 bits per heavy atom. The number of carbonyl (C=O) groups excluding carboxylic acids is 2. The molecule has 0 spiro atoms.